The van der Waals surface area contributed by atoms with Gasteiger partial charge in [-0.1, -0.05) is 38.8 Å². The molecule has 1 fully saturated rings. The summed E-state index contributed by atoms with van der Waals surface area (Å²) in [5.74, 6) is 0.612. The fourth-order valence-corrected chi connectivity index (χ4v) is 4.17. The molecule has 1 saturated carbocycles. The summed E-state index contributed by atoms with van der Waals surface area (Å²) in [4.78, 5) is 12.2. The molecule has 0 unspecified atom stereocenters. The van der Waals surface area contributed by atoms with Crippen LogP contribution in [0.4, 0.5) is 10.5 Å². The second kappa shape index (κ2) is 8.15. The van der Waals surface area contributed by atoms with Crippen LogP contribution < -0.4 is 16.4 Å². The van der Waals surface area contributed by atoms with E-state index in [9.17, 15) is 4.79 Å². The molecule has 2 aliphatic rings. The van der Waals surface area contributed by atoms with Gasteiger partial charge >= 0.3 is 6.03 Å². The van der Waals surface area contributed by atoms with Crippen LogP contribution in [0.3, 0.4) is 0 Å². The average Bonchev–Trinajstić information content (AvgIpc) is 3.12. The molecule has 0 radical (unpaired) electrons. The predicted molar refractivity (Wildman–Crippen MR) is 111 cm³/mol. The molecule has 0 bridgehead atoms. The SMILES string of the molecule is CC1(C)CCC(C(=N)c2cccc(NC(=O)NCC3CCCC3)c2)=C(N)C1. The number of carbonyl (C=O) groups excluding carboxylic acids is 1. The van der Waals surface area contributed by atoms with Gasteiger partial charge in [-0.05, 0) is 61.1 Å². The molecule has 5 nitrogen and oxygen atoms in total. The Morgan fingerprint density at radius 2 is 2.04 bits per heavy atom. The van der Waals surface area contributed by atoms with Crippen molar-refractivity contribution >= 4 is 17.4 Å². The molecule has 3 rings (SSSR count). The van der Waals surface area contributed by atoms with E-state index >= 15 is 0 Å². The fraction of sp³-hybridized carbons (Fsp3) is 0.545. The highest BCUT2D eigenvalue weighted by molar-refractivity contribution is 6.11. The minimum Gasteiger partial charge on any atom is -0.402 e. The monoisotopic (exact) mass is 368 g/mol. The van der Waals surface area contributed by atoms with Crippen molar-refractivity contribution in [2.75, 3.05) is 11.9 Å². The summed E-state index contributed by atoms with van der Waals surface area (Å²) >= 11 is 0. The van der Waals surface area contributed by atoms with E-state index in [0.717, 1.165) is 42.6 Å². The number of urea groups is 1. The summed E-state index contributed by atoms with van der Waals surface area (Å²) in [6.07, 6.45) is 7.65. The van der Waals surface area contributed by atoms with Crippen molar-refractivity contribution in [2.24, 2.45) is 17.1 Å². The van der Waals surface area contributed by atoms with E-state index in [4.69, 9.17) is 11.1 Å². The normalized spacial score (nSPS) is 19.8. The van der Waals surface area contributed by atoms with Crippen LogP contribution in [0.2, 0.25) is 0 Å². The Morgan fingerprint density at radius 1 is 1.30 bits per heavy atom. The Bertz CT molecular complexity index is 744. The Labute approximate surface area is 162 Å². The van der Waals surface area contributed by atoms with Crippen molar-refractivity contribution in [1.82, 2.24) is 5.32 Å². The molecule has 0 spiro atoms. The summed E-state index contributed by atoms with van der Waals surface area (Å²) in [5, 5.41) is 14.5. The molecule has 2 aliphatic carbocycles. The highest BCUT2D eigenvalue weighted by Crippen LogP contribution is 2.37. The smallest absolute Gasteiger partial charge is 0.319 e. The molecule has 0 aromatic heterocycles. The molecule has 5 N–H and O–H groups in total. The van der Waals surface area contributed by atoms with E-state index < -0.39 is 0 Å². The van der Waals surface area contributed by atoms with Gasteiger partial charge in [0.25, 0.3) is 0 Å². The van der Waals surface area contributed by atoms with Gasteiger partial charge in [0.1, 0.15) is 0 Å². The van der Waals surface area contributed by atoms with Crippen molar-refractivity contribution in [3.8, 4) is 0 Å². The molecule has 5 heteroatoms. The minimum absolute atomic E-state index is 0.177. The lowest BCUT2D eigenvalue weighted by Gasteiger charge is -2.31. The predicted octanol–water partition coefficient (Wildman–Crippen LogP) is 4.79. The van der Waals surface area contributed by atoms with Crippen molar-refractivity contribution in [3.05, 3.63) is 41.1 Å². The quantitative estimate of drug-likeness (QED) is 0.563. The van der Waals surface area contributed by atoms with Crippen molar-refractivity contribution in [2.45, 2.75) is 58.8 Å². The third kappa shape index (κ3) is 5.12. The van der Waals surface area contributed by atoms with Crippen molar-refractivity contribution in [1.29, 1.82) is 5.41 Å². The number of amides is 2. The summed E-state index contributed by atoms with van der Waals surface area (Å²) < 4.78 is 0. The number of hydrogen-bond acceptors (Lipinski definition) is 3. The van der Waals surface area contributed by atoms with E-state index in [2.05, 4.69) is 24.5 Å². The summed E-state index contributed by atoms with van der Waals surface area (Å²) in [6, 6.07) is 7.32. The zero-order valence-electron chi connectivity index (χ0n) is 16.5. The second-order valence-corrected chi connectivity index (χ2v) is 8.79. The number of hydrogen-bond donors (Lipinski definition) is 4. The van der Waals surface area contributed by atoms with Gasteiger partial charge in [-0.25, -0.2) is 4.79 Å². The molecular weight excluding hydrogens is 336 g/mol. The van der Waals surface area contributed by atoms with Gasteiger partial charge in [0, 0.05) is 23.5 Å². The van der Waals surface area contributed by atoms with Crippen LogP contribution in [0.1, 0.15) is 64.4 Å². The number of anilines is 1. The van der Waals surface area contributed by atoms with Gasteiger partial charge in [-0.3, -0.25) is 5.41 Å². The Hall–Kier alpha value is -2.30. The molecule has 0 atom stereocenters. The molecule has 27 heavy (non-hydrogen) atoms. The van der Waals surface area contributed by atoms with Gasteiger partial charge in [0.05, 0.1) is 5.71 Å². The van der Waals surface area contributed by atoms with Gasteiger partial charge in [0.2, 0.25) is 0 Å². The fourth-order valence-electron chi connectivity index (χ4n) is 4.17. The maximum Gasteiger partial charge on any atom is 0.319 e. The number of benzene rings is 1. The molecule has 0 heterocycles. The van der Waals surface area contributed by atoms with Gasteiger partial charge < -0.3 is 16.4 Å². The van der Waals surface area contributed by atoms with Crippen LogP contribution in [0.25, 0.3) is 0 Å². The van der Waals surface area contributed by atoms with Crippen LogP contribution in [0.5, 0.6) is 0 Å². The lowest BCUT2D eigenvalue weighted by molar-refractivity contribution is 0.250. The van der Waals surface area contributed by atoms with Crippen LogP contribution in [-0.2, 0) is 0 Å². The maximum atomic E-state index is 12.2. The van der Waals surface area contributed by atoms with Gasteiger partial charge in [-0.2, -0.15) is 0 Å². The van der Waals surface area contributed by atoms with Crippen LogP contribution >= 0.6 is 0 Å². The van der Waals surface area contributed by atoms with Crippen LogP contribution in [0, 0.1) is 16.7 Å². The first kappa shape index (κ1) is 19.5. The lowest BCUT2D eigenvalue weighted by atomic mass is 9.75. The Balaban J connectivity index is 1.63. The largest absolute Gasteiger partial charge is 0.402 e. The third-order valence-electron chi connectivity index (χ3n) is 5.85. The summed E-state index contributed by atoms with van der Waals surface area (Å²) in [5.41, 5.74) is 10.2. The number of rotatable bonds is 5. The highest BCUT2D eigenvalue weighted by Gasteiger charge is 2.27. The van der Waals surface area contributed by atoms with Gasteiger partial charge in [0.15, 0.2) is 0 Å². The van der Waals surface area contributed by atoms with E-state index in [1.54, 1.807) is 0 Å². The first-order chi connectivity index (χ1) is 12.8. The number of nitrogens with one attached hydrogen (secondary N) is 3. The zero-order valence-corrected chi connectivity index (χ0v) is 16.5. The molecule has 1 aromatic carbocycles. The highest BCUT2D eigenvalue weighted by atomic mass is 16.2. The summed E-state index contributed by atoms with van der Waals surface area (Å²) in [7, 11) is 0. The molecule has 2 amide bonds. The number of allylic oxidation sites excluding steroid dienone is 2. The number of carbonyl (C=O) groups is 1. The minimum atomic E-state index is -0.177. The first-order valence-electron chi connectivity index (χ1n) is 10.1. The van der Waals surface area contributed by atoms with Gasteiger partial charge in [-0.15, -0.1) is 0 Å². The molecular formula is C22H32N4O. The van der Waals surface area contributed by atoms with Crippen molar-refractivity contribution < 1.29 is 4.79 Å². The average molecular weight is 369 g/mol. The lowest BCUT2D eigenvalue weighted by Crippen LogP contribution is -2.32. The van der Waals surface area contributed by atoms with E-state index in [0.29, 0.717) is 17.3 Å². The van der Waals surface area contributed by atoms with E-state index in [1.165, 1.54) is 25.7 Å². The Morgan fingerprint density at radius 3 is 2.74 bits per heavy atom. The molecule has 0 saturated heterocycles. The van der Waals surface area contributed by atoms with Crippen LogP contribution in [-0.4, -0.2) is 18.3 Å². The van der Waals surface area contributed by atoms with E-state index in [1.807, 2.05) is 24.3 Å². The topological polar surface area (TPSA) is 91.0 Å². The van der Waals surface area contributed by atoms with Crippen molar-refractivity contribution in [3.63, 3.8) is 0 Å². The van der Waals surface area contributed by atoms with Crippen LogP contribution in [0.15, 0.2) is 35.5 Å². The standard InChI is InChI=1S/C22H32N4O/c1-22(2)11-10-18(19(23)13-22)20(24)16-8-5-9-17(12-16)26-21(27)25-14-15-6-3-4-7-15/h5,8-9,12,15,24H,3-4,6-7,10-11,13-14,23H2,1-2H3,(H2,25,26,27). The Kier molecular flexibility index (Phi) is 5.88. The maximum absolute atomic E-state index is 12.2. The molecule has 0 aliphatic heterocycles. The summed E-state index contributed by atoms with van der Waals surface area (Å²) in [6.45, 7) is 5.17. The zero-order chi connectivity index (χ0) is 19.4. The second-order valence-electron chi connectivity index (χ2n) is 8.79. The third-order valence-corrected chi connectivity index (χ3v) is 5.85. The molecule has 1 aromatic rings. The number of nitrogens with two attached hydrogens (primary N) is 1. The molecule has 146 valence electrons. The first-order valence-corrected chi connectivity index (χ1v) is 10.1. The van der Waals surface area contributed by atoms with E-state index in [-0.39, 0.29) is 11.4 Å².